The van der Waals surface area contributed by atoms with E-state index in [-0.39, 0.29) is 4.90 Å². The maximum atomic E-state index is 11.7. The number of carboxylic acid groups (broad SMARTS) is 1. The molecule has 0 fully saturated rings. The van der Waals surface area contributed by atoms with E-state index in [0.29, 0.717) is 13.1 Å². The van der Waals surface area contributed by atoms with Crippen molar-refractivity contribution in [3.63, 3.8) is 0 Å². The number of nitrogens with one attached hydrogen (secondary N) is 1. The summed E-state index contributed by atoms with van der Waals surface area (Å²) in [7, 11) is -3.63. The summed E-state index contributed by atoms with van der Waals surface area (Å²) < 4.78 is 28.5. The lowest BCUT2D eigenvalue weighted by atomic mass is 10.2. The zero-order valence-corrected chi connectivity index (χ0v) is 16.4. The molecule has 2 N–H and O–H groups in total. The van der Waals surface area contributed by atoms with E-state index in [1.165, 1.54) is 16.0 Å². The Hall–Kier alpha value is -1.90. The molecule has 1 aromatic carbocycles. The number of hydrogen-bond donors (Lipinski definition) is 2. The average Bonchev–Trinajstić information content (AvgIpc) is 3.06. The van der Waals surface area contributed by atoms with E-state index in [2.05, 4.69) is 5.32 Å². The summed E-state index contributed by atoms with van der Waals surface area (Å²) in [6, 6.07) is 6.60. The Balaban J connectivity index is 0.000000195. The molecule has 2 aliphatic rings. The first-order chi connectivity index (χ1) is 12.0. The fraction of sp³-hybridized carbons (Fsp3) is 0.500. The first-order valence-corrected chi connectivity index (χ1v) is 9.79. The first kappa shape index (κ1) is 20.4. The van der Waals surface area contributed by atoms with Crippen LogP contribution in [0.1, 0.15) is 26.3 Å². The molecule has 1 amide bonds. The fourth-order valence-electron chi connectivity index (χ4n) is 2.68. The van der Waals surface area contributed by atoms with Crippen LogP contribution in [0.15, 0.2) is 40.3 Å². The number of amides is 1. The van der Waals surface area contributed by atoms with Gasteiger partial charge in [0.25, 0.3) is 10.1 Å². The lowest BCUT2D eigenvalue weighted by Crippen LogP contribution is -2.31. The van der Waals surface area contributed by atoms with Gasteiger partial charge in [-0.25, -0.2) is 4.79 Å². The highest BCUT2D eigenvalue weighted by molar-refractivity contribution is 7.86. The number of hydrogen-bond acceptors (Lipinski definition) is 5. The zero-order valence-electron chi connectivity index (χ0n) is 15.6. The predicted molar refractivity (Wildman–Crippen MR) is 98.7 cm³/mol. The van der Waals surface area contributed by atoms with E-state index >= 15 is 0 Å². The van der Waals surface area contributed by atoms with E-state index in [4.69, 9.17) is 9.29 Å². The molecule has 0 saturated carbocycles. The van der Waals surface area contributed by atoms with Gasteiger partial charge in [-0.1, -0.05) is 17.7 Å². The fourth-order valence-corrected chi connectivity index (χ4v) is 3.91. The molecule has 0 atom stereocenters. The van der Waals surface area contributed by atoms with Crippen LogP contribution in [0.3, 0.4) is 0 Å². The molecule has 0 radical (unpaired) electrons. The largest absolute Gasteiger partial charge is 0.465 e. The first-order valence-electron chi connectivity index (χ1n) is 8.38. The SMILES string of the molecule is Cc1ccc(S(=O)(=O)OC(C)(C)C)cc1.O=C(O)N1CC2=C(CNC2)C1. The highest BCUT2D eigenvalue weighted by atomic mass is 32.2. The lowest BCUT2D eigenvalue weighted by Gasteiger charge is -2.18. The van der Waals surface area contributed by atoms with Crippen LogP contribution in [-0.4, -0.2) is 56.3 Å². The highest BCUT2D eigenvalue weighted by Crippen LogP contribution is 2.20. The summed E-state index contributed by atoms with van der Waals surface area (Å²) in [5, 5.41) is 11.8. The highest BCUT2D eigenvalue weighted by Gasteiger charge is 2.27. The van der Waals surface area contributed by atoms with Crippen LogP contribution in [0.5, 0.6) is 0 Å². The molecule has 7 nitrogen and oxygen atoms in total. The van der Waals surface area contributed by atoms with Crippen LogP contribution >= 0.6 is 0 Å². The van der Waals surface area contributed by atoms with Crippen LogP contribution in [0.2, 0.25) is 0 Å². The maximum absolute atomic E-state index is 11.7. The second-order valence-corrected chi connectivity index (χ2v) is 8.96. The normalized spacial score (nSPS) is 17.0. The smallest absolute Gasteiger partial charge is 0.407 e. The third-order valence-electron chi connectivity index (χ3n) is 3.88. The van der Waals surface area contributed by atoms with E-state index in [0.717, 1.165) is 18.7 Å². The van der Waals surface area contributed by atoms with Crippen molar-refractivity contribution in [1.29, 1.82) is 0 Å². The molecule has 8 heteroatoms. The minimum atomic E-state index is -3.63. The second kappa shape index (κ2) is 7.77. The molecule has 0 saturated heterocycles. The molecule has 0 unspecified atom stereocenters. The van der Waals surface area contributed by atoms with Crippen molar-refractivity contribution in [1.82, 2.24) is 10.2 Å². The van der Waals surface area contributed by atoms with Crippen LogP contribution < -0.4 is 5.32 Å². The molecule has 0 spiro atoms. The van der Waals surface area contributed by atoms with Gasteiger partial charge in [-0.15, -0.1) is 0 Å². The molecule has 0 aliphatic carbocycles. The number of benzene rings is 1. The third kappa shape index (κ3) is 5.55. The van der Waals surface area contributed by atoms with Gasteiger partial charge in [0.15, 0.2) is 0 Å². The summed E-state index contributed by atoms with van der Waals surface area (Å²) in [6.07, 6.45) is -0.806. The van der Waals surface area contributed by atoms with Gasteiger partial charge in [0.1, 0.15) is 0 Å². The Labute approximate surface area is 154 Å². The molecule has 144 valence electrons. The number of rotatable bonds is 2. The lowest BCUT2D eigenvalue weighted by molar-refractivity contribution is 0.139. The summed E-state index contributed by atoms with van der Waals surface area (Å²) in [4.78, 5) is 12.2. The second-order valence-electron chi connectivity index (χ2n) is 7.41. The van der Waals surface area contributed by atoms with E-state index < -0.39 is 21.8 Å². The molecule has 0 aromatic heterocycles. The Morgan fingerprint density at radius 2 is 1.62 bits per heavy atom. The van der Waals surface area contributed by atoms with Crippen molar-refractivity contribution >= 4 is 16.2 Å². The van der Waals surface area contributed by atoms with Crippen molar-refractivity contribution in [2.45, 2.75) is 38.2 Å². The van der Waals surface area contributed by atoms with Gasteiger partial charge < -0.3 is 15.3 Å². The number of carbonyl (C=O) groups is 1. The minimum absolute atomic E-state index is 0.197. The summed E-state index contributed by atoms with van der Waals surface area (Å²) in [6.45, 7) is 9.99. The van der Waals surface area contributed by atoms with Crippen LogP contribution in [0, 0.1) is 6.92 Å². The van der Waals surface area contributed by atoms with Gasteiger partial charge >= 0.3 is 6.09 Å². The molecule has 26 heavy (non-hydrogen) atoms. The predicted octanol–water partition coefficient (Wildman–Crippen LogP) is 2.38. The van der Waals surface area contributed by atoms with Crippen molar-refractivity contribution < 1.29 is 22.5 Å². The Morgan fingerprint density at radius 3 is 2.04 bits per heavy atom. The monoisotopic (exact) mass is 382 g/mol. The van der Waals surface area contributed by atoms with Crippen LogP contribution in [0.4, 0.5) is 4.79 Å². The summed E-state index contributed by atoms with van der Waals surface area (Å²) in [5.74, 6) is 0. The molecule has 0 bridgehead atoms. The van der Waals surface area contributed by atoms with Gasteiger partial charge in [-0.2, -0.15) is 8.42 Å². The molecule has 3 rings (SSSR count). The van der Waals surface area contributed by atoms with Crippen LogP contribution in [0.25, 0.3) is 0 Å². The summed E-state index contributed by atoms with van der Waals surface area (Å²) >= 11 is 0. The number of nitrogens with zero attached hydrogens (tertiary/aromatic N) is 1. The van der Waals surface area contributed by atoms with E-state index in [9.17, 15) is 13.2 Å². The van der Waals surface area contributed by atoms with Gasteiger partial charge in [0.2, 0.25) is 0 Å². The van der Waals surface area contributed by atoms with Crippen molar-refractivity contribution in [2.75, 3.05) is 26.2 Å². The molecule has 1 aromatic rings. The van der Waals surface area contributed by atoms with E-state index in [1.54, 1.807) is 45.0 Å². The van der Waals surface area contributed by atoms with Gasteiger partial charge in [-0.05, 0) is 51.0 Å². The van der Waals surface area contributed by atoms with Gasteiger partial charge in [-0.3, -0.25) is 4.18 Å². The van der Waals surface area contributed by atoms with E-state index in [1.807, 2.05) is 6.92 Å². The molecule has 2 aliphatic heterocycles. The quantitative estimate of drug-likeness (QED) is 0.602. The van der Waals surface area contributed by atoms with Crippen molar-refractivity contribution in [3.8, 4) is 0 Å². The summed E-state index contributed by atoms with van der Waals surface area (Å²) in [5.41, 5.74) is 2.86. The Morgan fingerprint density at radius 1 is 1.12 bits per heavy atom. The molecule has 2 heterocycles. The van der Waals surface area contributed by atoms with Crippen LogP contribution in [-0.2, 0) is 14.3 Å². The topological polar surface area (TPSA) is 95.9 Å². The van der Waals surface area contributed by atoms with Gasteiger partial charge in [0, 0.05) is 26.2 Å². The standard InChI is InChI=1S/C11H16O3S.C7H10N2O2/c1-9-5-7-10(8-6-9)15(12,13)14-11(2,3)4;10-7(11)9-3-5-1-8-2-6(5)4-9/h5-8H,1-4H3;8H,1-4H2,(H,10,11). The Bertz CT molecular complexity index is 776. The zero-order chi connectivity index (χ0) is 19.5. The van der Waals surface area contributed by atoms with Crippen molar-refractivity contribution in [3.05, 3.63) is 41.0 Å². The minimum Gasteiger partial charge on any atom is -0.465 e. The molecular weight excluding hydrogens is 356 g/mol. The Kier molecular flexibility index (Phi) is 6.10. The maximum Gasteiger partial charge on any atom is 0.407 e. The van der Waals surface area contributed by atoms with Gasteiger partial charge in [0.05, 0.1) is 10.5 Å². The third-order valence-corrected chi connectivity index (χ3v) is 5.45. The average molecular weight is 382 g/mol. The van der Waals surface area contributed by atoms with Crippen molar-refractivity contribution in [2.24, 2.45) is 0 Å². The number of aryl methyl sites for hydroxylation is 1. The molecular formula is C18H26N2O5S.